The molecule has 1 N–H and O–H groups in total. The zero-order valence-electron chi connectivity index (χ0n) is 14.3. The molecule has 2 aromatic carbocycles. The third-order valence-corrected chi connectivity index (χ3v) is 3.70. The highest BCUT2D eigenvalue weighted by atomic mass is 35.5. The van der Waals surface area contributed by atoms with Gasteiger partial charge in [0.2, 0.25) is 0 Å². The fourth-order valence-electron chi connectivity index (χ4n) is 2.07. The maximum atomic E-state index is 11.7. The molecule has 0 aliphatic rings. The molecular weight excluding hydrogens is 356 g/mol. The minimum absolute atomic E-state index is 0.169. The van der Waals surface area contributed by atoms with Crippen LogP contribution >= 0.6 is 11.6 Å². The van der Waals surface area contributed by atoms with Gasteiger partial charge in [-0.2, -0.15) is 0 Å². The first-order valence-corrected chi connectivity index (χ1v) is 8.31. The molecule has 0 fully saturated rings. The molecule has 0 saturated carbocycles. The number of methoxy groups -OCH3 is 1. The fraction of sp³-hybridized carbons (Fsp3) is 0.211. The summed E-state index contributed by atoms with van der Waals surface area (Å²) in [5, 5.41) is 7.17. The molecule has 0 heterocycles. The van der Waals surface area contributed by atoms with E-state index < -0.39 is 5.97 Å². The lowest BCUT2D eigenvalue weighted by Gasteiger charge is -2.04. The lowest BCUT2D eigenvalue weighted by atomic mass is 10.1. The van der Waals surface area contributed by atoms with Crippen LogP contribution in [-0.4, -0.2) is 38.4 Å². The Bertz CT molecular complexity index is 758. The largest absolute Gasteiger partial charge is 0.465 e. The van der Waals surface area contributed by atoms with Crippen LogP contribution in [0.15, 0.2) is 53.7 Å². The van der Waals surface area contributed by atoms with Crippen molar-refractivity contribution in [3.63, 3.8) is 0 Å². The number of halogens is 1. The Labute approximate surface area is 156 Å². The number of benzene rings is 2. The van der Waals surface area contributed by atoms with E-state index in [9.17, 15) is 9.59 Å². The molecule has 0 bridgehead atoms. The lowest BCUT2D eigenvalue weighted by molar-refractivity contribution is -0.125. The summed E-state index contributed by atoms with van der Waals surface area (Å²) in [5.41, 5.74) is 2.27. The number of hydrogen-bond donors (Lipinski definition) is 1. The van der Waals surface area contributed by atoms with Gasteiger partial charge in [-0.1, -0.05) is 41.0 Å². The highest BCUT2D eigenvalue weighted by molar-refractivity contribution is 6.30. The summed E-state index contributed by atoms with van der Waals surface area (Å²) < 4.78 is 4.62. The van der Waals surface area contributed by atoms with Crippen molar-refractivity contribution in [3.8, 4) is 0 Å². The molecule has 0 atom stereocenters. The van der Waals surface area contributed by atoms with Crippen molar-refractivity contribution in [2.75, 3.05) is 20.3 Å². The maximum Gasteiger partial charge on any atom is 0.337 e. The Kier molecular flexibility index (Phi) is 7.64. The van der Waals surface area contributed by atoms with Crippen molar-refractivity contribution in [1.29, 1.82) is 0 Å². The number of oxime groups is 1. The standard InChI is InChI=1S/C19H19ClN2O4/c1-25-19(24)16-6-2-15(3-7-16)12-22-26-13-18(23)21-11-10-14-4-8-17(20)9-5-14/h2-9,12H,10-11,13H2,1H3,(H,21,23)/b22-12+. The van der Waals surface area contributed by atoms with Crippen LogP contribution in [0.5, 0.6) is 0 Å². The Balaban J connectivity index is 1.66. The number of ether oxygens (including phenoxy) is 1. The minimum atomic E-state index is -0.403. The van der Waals surface area contributed by atoms with Crippen molar-refractivity contribution in [1.82, 2.24) is 5.32 Å². The second-order valence-electron chi connectivity index (χ2n) is 5.35. The Morgan fingerprint density at radius 3 is 2.46 bits per heavy atom. The molecule has 2 rings (SSSR count). The summed E-state index contributed by atoms with van der Waals surface area (Å²) >= 11 is 5.82. The van der Waals surface area contributed by atoms with E-state index in [4.69, 9.17) is 16.4 Å². The van der Waals surface area contributed by atoms with E-state index in [0.29, 0.717) is 23.6 Å². The second-order valence-corrected chi connectivity index (χ2v) is 5.78. The quantitative estimate of drug-likeness (QED) is 0.438. The van der Waals surface area contributed by atoms with E-state index in [1.807, 2.05) is 24.3 Å². The van der Waals surface area contributed by atoms with Crippen LogP contribution in [0.25, 0.3) is 0 Å². The molecule has 0 radical (unpaired) electrons. The van der Waals surface area contributed by atoms with Gasteiger partial charge in [0.1, 0.15) is 0 Å². The molecule has 1 amide bonds. The summed E-state index contributed by atoms with van der Waals surface area (Å²) in [6.45, 7) is 0.333. The molecule has 0 spiro atoms. The van der Waals surface area contributed by atoms with E-state index in [1.54, 1.807) is 24.3 Å². The van der Waals surface area contributed by atoms with Crippen LogP contribution in [0, 0.1) is 0 Å². The molecule has 0 aliphatic heterocycles. The Hall–Kier alpha value is -2.86. The number of nitrogens with one attached hydrogen (secondary N) is 1. The van der Waals surface area contributed by atoms with Crippen molar-refractivity contribution in [3.05, 3.63) is 70.2 Å². The first-order chi connectivity index (χ1) is 12.6. The van der Waals surface area contributed by atoms with E-state index >= 15 is 0 Å². The van der Waals surface area contributed by atoms with Gasteiger partial charge in [0.05, 0.1) is 18.9 Å². The van der Waals surface area contributed by atoms with Crippen LogP contribution < -0.4 is 5.32 Å². The molecule has 26 heavy (non-hydrogen) atoms. The van der Waals surface area contributed by atoms with Gasteiger partial charge in [-0.25, -0.2) is 4.79 Å². The molecule has 6 nitrogen and oxygen atoms in total. The zero-order valence-corrected chi connectivity index (χ0v) is 15.0. The van der Waals surface area contributed by atoms with Gasteiger partial charge in [0.15, 0.2) is 6.61 Å². The van der Waals surface area contributed by atoms with Crippen molar-refractivity contribution >= 4 is 29.7 Å². The molecule has 7 heteroatoms. The summed E-state index contributed by atoms with van der Waals surface area (Å²) in [4.78, 5) is 28.0. The van der Waals surface area contributed by atoms with Crippen molar-refractivity contribution < 1.29 is 19.2 Å². The highest BCUT2D eigenvalue weighted by Crippen LogP contribution is 2.09. The van der Waals surface area contributed by atoms with Gasteiger partial charge in [0, 0.05) is 11.6 Å². The van der Waals surface area contributed by atoms with E-state index in [-0.39, 0.29) is 12.5 Å². The summed E-state index contributed by atoms with van der Waals surface area (Å²) in [7, 11) is 1.33. The maximum absolute atomic E-state index is 11.7. The summed E-state index contributed by atoms with van der Waals surface area (Å²) in [5.74, 6) is -0.655. The van der Waals surface area contributed by atoms with E-state index in [0.717, 1.165) is 11.1 Å². The van der Waals surface area contributed by atoms with Crippen LogP contribution in [0.2, 0.25) is 5.02 Å². The SMILES string of the molecule is COC(=O)c1ccc(/C=N/OCC(=O)NCCc2ccc(Cl)cc2)cc1. The van der Waals surface area contributed by atoms with Gasteiger partial charge < -0.3 is 14.9 Å². The van der Waals surface area contributed by atoms with E-state index in [2.05, 4.69) is 15.2 Å². The fourth-order valence-corrected chi connectivity index (χ4v) is 2.19. The number of carbonyl (C=O) groups is 2. The summed E-state index contributed by atoms with van der Waals surface area (Å²) in [6.07, 6.45) is 2.17. The van der Waals surface area contributed by atoms with E-state index in [1.165, 1.54) is 13.3 Å². The molecule has 0 unspecified atom stereocenters. The van der Waals surface area contributed by atoms with Gasteiger partial charge in [0.25, 0.3) is 5.91 Å². The van der Waals surface area contributed by atoms with Gasteiger partial charge >= 0.3 is 5.97 Å². The normalized spacial score (nSPS) is 10.5. The van der Waals surface area contributed by atoms with Crippen molar-refractivity contribution in [2.45, 2.75) is 6.42 Å². The van der Waals surface area contributed by atoms with Crippen LogP contribution in [0.4, 0.5) is 0 Å². The smallest absolute Gasteiger partial charge is 0.337 e. The van der Waals surface area contributed by atoms with Crippen LogP contribution in [0.3, 0.4) is 0 Å². The number of hydrogen-bond acceptors (Lipinski definition) is 5. The molecule has 0 aromatic heterocycles. The highest BCUT2D eigenvalue weighted by Gasteiger charge is 2.04. The number of esters is 1. The predicted octanol–water partition coefficient (Wildman–Crippen LogP) is 2.84. The van der Waals surface area contributed by atoms with Crippen LogP contribution in [0.1, 0.15) is 21.5 Å². The monoisotopic (exact) mass is 374 g/mol. The number of carbonyl (C=O) groups excluding carboxylic acids is 2. The molecular formula is C19H19ClN2O4. The van der Waals surface area contributed by atoms with Gasteiger partial charge in [-0.15, -0.1) is 0 Å². The topological polar surface area (TPSA) is 77.0 Å². The number of rotatable bonds is 8. The van der Waals surface area contributed by atoms with Gasteiger partial charge in [-0.3, -0.25) is 4.79 Å². The average molecular weight is 375 g/mol. The Morgan fingerprint density at radius 1 is 1.12 bits per heavy atom. The third kappa shape index (κ3) is 6.57. The zero-order chi connectivity index (χ0) is 18.8. The molecule has 0 aliphatic carbocycles. The first kappa shape index (κ1) is 19.5. The molecule has 0 saturated heterocycles. The Morgan fingerprint density at radius 2 is 1.81 bits per heavy atom. The number of nitrogens with zero attached hydrogens (tertiary/aromatic N) is 1. The van der Waals surface area contributed by atoms with Crippen LogP contribution in [-0.2, 0) is 20.8 Å². The average Bonchev–Trinajstić information content (AvgIpc) is 2.66. The minimum Gasteiger partial charge on any atom is -0.465 e. The first-order valence-electron chi connectivity index (χ1n) is 7.93. The molecule has 136 valence electrons. The molecule has 2 aromatic rings. The third-order valence-electron chi connectivity index (χ3n) is 3.45. The van der Waals surface area contributed by atoms with Crippen molar-refractivity contribution in [2.24, 2.45) is 5.16 Å². The summed E-state index contributed by atoms with van der Waals surface area (Å²) in [6, 6.07) is 14.1. The lowest BCUT2D eigenvalue weighted by Crippen LogP contribution is -2.28. The predicted molar refractivity (Wildman–Crippen MR) is 99.5 cm³/mol. The van der Waals surface area contributed by atoms with Gasteiger partial charge in [-0.05, 0) is 41.8 Å². The second kappa shape index (κ2) is 10.2. The number of amides is 1.